The van der Waals surface area contributed by atoms with Gasteiger partial charge in [0.2, 0.25) is 0 Å². The van der Waals surface area contributed by atoms with Crippen molar-refractivity contribution in [1.82, 2.24) is 10.2 Å². The summed E-state index contributed by atoms with van der Waals surface area (Å²) >= 11 is 0. The molecule has 0 aromatic carbocycles. The number of rotatable bonds is 6. The molecule has 7 nitrogen and oxygen atoms in total. The fourth-order valence-electron chi connectivity index (χ4n) is 2.50. The van der Waals surface area contributed by atoms with Crippen LogP contribution in [0.2, 0.25) is 0 Å². The van der Waals surface area contributed by atoms with Gasteiger partial charge in [0.15, 0.2) is 5.76 Å². The molecule has 0 unspecified atom stereocenters. The van der Waals surface area contributed by atoms with Crippen molar-refractivity contribution in [2.24, 2.45) is 0 Å². The van der Waals surface area contributed by atoms with Gasteiger partial charge in [-0.3, -0.25) is 14.9 Å². The van der Waals surface area contributed by atoms with Crippen molar-refractivity contribution in [3.05, 3.63) is 28.0 Å². The monoisotopic (exact) mass is 295 g/mol. The standard InChI is InChI=1S/C14H21N3O4/c18-14(12-6-7-13(21-12)17(19)20)15-8-5-11-16-9-3-1-2-4-10-16/h6-7H,1-5,8-11H2,(H,15,18). The number of hydrogen-bond acceptors (Lipinski definition) is 5. The zero-order chi connectivity index (χ0) is 15.1. The second-order valence-corrected chi connectivity index (χ2v) is 5.26. The largest absolute Gasteiger partial charge is 0.433 e. The van der Waals surface area contributed by atoms with Crippen LogP contribution >= 0.6 is 0 Å². The van der Waals surface area contributed by atoms with Crippen LogP contribution in [0.25, 0.3) is 0 Å². The molecule has 0 saturated carbocycles. The zero-order valence-electron chi connectivity index (χ0n) is 12.0. The maximum absolute atomic E-state index is 11.7. The third-order valence-corrected chi connectivity index (χ3v) is 3.63. The van der Waals surface area contributed by atoms with Gasteiger partial charge >= 0.3 is 5.88 Å². The van der Waals surface area contributed by atoms with Gasteiger partial charge in [0.25, 0.3) is 5.91 Å². The van der Waals surface area contributed by atoms with Gasteiger partial charge in [0, 0.05) is 6.54 Å². The van der Waals surface area contributed by atoms with Crippen molar-refractivity contribution < 1.29 is 14.1 Å². The summed E-state index contributed by atoms with van der Waals surface area (Å²) in [6, 6.07) is 2.51. The van der Waals surface area contributed by atoms with E-state index in [4.69, 9.17) is 4.42 Å². The Morgan fingerprint density at radius 2 is 2.00 bits per heavy atom. The van der Waals surface area contributed by atoms with E-state index in [9.17, 15) is 14.9 Å². The highest BCUT2D eigenvalue weighted by Gasteiger charge is 2.16. The van der Waals surface area contributed by atoms with E-state index in [1.54, 1.807) is 0 Å². The highest BCUT2D eigenvalue weighted by molar-refractivity contribution is 5.91. The summed E-state index contributed by atoms with van der Waals surface area (Å²) in [4.78, 5) is 24.0. The summed E-state index contributed by atoms with van der Waals surface area (Å²) < 4.78 is 4.85. The first-order chi connectivity index (χ1) is 10.2. The molecule has 1 aromatic heterocycles. The molecule has 1 amide bonds. The smallest absolute Gasteiger partial charge is 0.395 e. The van der Waals surface area contributed by atoms with E-state index >= 15 is 0 Å². The lowest BCUT2D eigenvalue weighted by atomic mass is 10.2. The molecule has 1 aromatic rings. The van der Waals surface area contributed by atoms with Crippen molar-refractivity contribution in [3.63, 3.8) is 0 Å². The van der Waals surface area contributed by atoms with Crippen LogP contribution in [0, 0.1) is 10.1 Å². The van der Waals surface area contributed by atoms with Crippen LogP contribution < -0.4 is 5.32 Å². The summed E-state index contributed by atoms with van der Waals surface area (Å²) in [5.41, 5.74) is 0. The van der Waals surface area contributed by atoms with Gasteiger partial charge in [0.1, 0.15) is 4.92 Å². The number of furan rings is 1. The van der Waals surface area contributed by atoms with Crippen molar-refractivity contribution in [2.75, 3.05) is 26.2 Å². The molecule has 0 bridgehead atoms. The minimum atomic E-state index is -0.657. The minimum absolute atomic E-state index is 0.0172. The maximum Gasteiger partial charge on any atom is 0.433 e. The van der Waals surface area contributed by atoms with Crippen LogP contribution in [0.5, 0.6) is 0 Å². The lowest BCUT2D eigenvalue weighted by Gasteiger charge is -2.19. The molecule has 1 fully saturated rings. The van der Waals surface area contributed by atoms with Gasteiger partial charge < -0.3 is 14.6 Å². The third-order valence-electron chi connectivity index (χ3n) is 3.63. The van der Waals surface area contributed by atoms with Gasteiger partial charge in [0.05, 0.1) is 6.07 Å². The first-order valence-electron chi connectivity index (χ1n) is 7.41. The maximum atomic E-state index is 11.7. The molecule has 21 heavy (non-hydrogen) atoms. The van der Waals surface area contributed by atoms with Gasteiger partial charge in [-0.15, -0.1) is 0 Å². The molecule has 0 spiro atoms. The number of likely N-dealkylation sites (tertiary alicyclic amines) is 1. The summed E-state index contributed by atoms with van der Waals surface area (Å²) in [5.74, 6) is -0.833. The van der Waals surface area contributed by atoms with E-state index in [1.165, 1.54) is 37.8 Å². The summed E-state index contributed by atoms with van der Waals surface area (Å²) in [7, 11) is 0. The molecule has 0 radical (unpaired) electrons. The number of carbonyl (C=O) groups excluding carboxylic acids is 1. The molecule has 2 heterocycles. The highest BCUT2D eigenvalue weighted by Crippen LogP contribution is 2.15. The van der Waals surface area contributed by atoms with Crippen molar-refractivity contribution in [1.29, 1.82) is 0 Å². The molecular weight excluding hydrogens is 274 g/mol. The molecule has 116 valence electrons. The van der Waals surface area contributed by atoms with Crippen molar-refractivity contribution in [3.8, 4) is 0 Å². The van der Waals surface area contributed by atoms with Crippen LogP contribution in [0.3, 0.4) is 0 Å². The van der Waals surface area contributed by atoms with Crippen LogP contribution in [-0.2, 0) is 0 Å². The highest BCUT2D eigenvalue weighted by atomic mass is 16.6. The second-order valence-electron chi connectivity index (χ2n) is 5.26. The average molecular weight is 295 g/mol. The van der Waals surface area contributed by atoms with Crippen LogP contribution in [0.15, 0.2) is 16.5 Å². The van der Waals surface area contributed by atoms with Crippen LogP contribution in [0.4, 0.5) is 5.88 Å². The Hall–Kier alpha value is -1.89. The molecule has 2 rings (SSSR count). The molecule has 0 aliphatic carbocycles. The van der Waals surface area contributed by atoms with Gasteiger partial charge in [-0.25, -0.2) is 0 Å². The van der Waals surface area contributed by atoms with Gasteiger partial charge in [-0.2, -0.15) is 0 Å². The summed E-state index contributed by atoms with van der Waals surface area (Å²) in [5, 5.41) is 13.2. The summed E-state index contributed by atoms with van der Waals surface area (Å²) in [6.45, 7) is 3.79. The predicted molar refractivity (Wildman–Crippen MR) is 77.2 cm³/mol. The molecule has 1 N–H and O–H groups in total. The van der Waals surface area contributed by atoms with E-state index < -0.39 is 16.7 Å². The van der Waals surface area contributed by atoms with E-state index in [0.717, 1.165) is 26.1 Å². The fraction of sp³-hybridized carbons (Fsp3) is 0.643. The van der Waals surface area contributed by atoms with Crippen LogP contribution in [0.1, 0.15) is 42.7 Å². The minimum Gasteiger partial charge on any atom is -0.395 e. The Morgan fingerprint density at radius 1 is 1.29 bits per heavy atom. The first-order valence-corrected chi connectivity index (χ1v) is 7.41. The molecule has 1 aliphatic rings. The molecular formula is C14H21N3O4. The van der Waals surface area contributed by atoms with Crippen molar-refractivity contribution >= 4 is 11.8 Å². The lowest BCUT2D eigenvalue weighted by molar-refractivity contribution is -0.402. The van der Waals surface area contributed by atoms with Gasteiger partial charge in [-0.1, -0.05) is 12.8 Å². The quantitative estimate of drug-likeness (QED) is 0.493. The molecule has 0 atom stereocenters. The Bertz CT molecular complexity index is 478. The molecule has 7 heteroatoms. The number of hydrogen-bond donors (Lipinski definition) is 1. The SMILES string of the molecule is O=C(NCCCN1CCCCCC1)c1ccc([N+](=O)[O-])o1. The third kappa shape index (κ3) is 4.86. The summed E-state index contributed by atoms with van der Waals surface area (Å²) in [6.07, 6.45) is 5.99. The van der Waals surface area contributed by atoms with Crippen molar-refractivity contribution in [2.45, 2.75) is 32.1 Å². The number of nitrogens with zero attached hydrogens (tertiary/aromatic N) is 2. The average Bonchev–Trinajstić information content (AvgIpc) is 2.82. The first kappa shape index (κ1) is 15.5. The van der Waals surface area contributed by atoms with E-state index in [2.05, 4.69) is 10.2 Å². The number of amides is 1. The topological polar surface area (TPSA) is 88.6 Å². The normalized spacial score (nSPS) is 16.4. The predicted octanol–water partition coefficient (Wildman–Crippen LogP) is 2.18. The Balaban J connectivity index is 1.67. The Labute approximate surface area is 123 Å². The molecule has 1 saturated heterocycles. The van der Waals surface area contributed by atoms with E-state index in [-0.39, 0.29) is 5.76 Å². The van der Waals surface area contributed by atoms with Gasteiger partial charge in [-0.05, 0) is 45.0 Å². The fourth-order valence-corrected chi connectivity index (χ4v) is 2.50. The number of nitro groups is 1. The zero-order valence-corrected chi connectivity index (χ0v) is 12.0. The number of nitrogens with one attached hydrogen (secondary N) is 1. The lowest BCUT2D eigenvalue weighted by Crippen LogP contribution is -2.30. The number of carbonyl (C=O) groups is 1. The molecule has 1 aliphatic heterocycles. The van der Waals surface area contributed by atoms with E-state index in [0.29, 0.717) is 6.54 Å². The Morgan fingerprint density at radius 3 is 2.62 bits per heavy atom. The Kier molecular flexibility index (Phi) is 5.74. The second kappa shape index (κ2) is 7.78. The van der Waals surface area contributed by atoms with Crippen LogP contribution in [-0.4, -0.2) is 41.9 Å². The van der Waals surface area contributed by atoms with E-state index in [1.807, 2.05) is 0 Å².